The zero-order valence-electron chi connectivity index (χ0n) is 14.3. The van der Waals surface area contributed by atoms with Crippen molar-refractivity contribution >= 4 is 5.57 Å². The summed E-state index contributed by atoms with van der Waals surface area (Å²) in [4.78, 5) is 2.64. The second-order valence-corrected chi connectivity index (χ2v) is 7.21. The molecule has 3 aliphatic rings. The van der Waals surface area contributed by atoms with Crippen LogP contribution in [0, 0.1) is 5.92 Å². The van der Waals surface area contributed by atoms with E-state index in [1.807, 2.05) is 0 Å². The molecule has 0 bridgehead atoms. The molecule has 4 rings (SSSR count). The molecule has 2 fully saturated rings. The van der Waals surface area contributed by atoms with Crippen LogP contribution in [0.3, 0.4) is 0 Å². The molecular weight excluding hydrogens is 357 g/mol. The van der Waals surface area contributed by atoms with E-state index in [0.29, 0.717) is 6.04 Å². The van der Waals surface area contributed by atoms with Gasteiger partial charge in [-0.3, -0.25) is 4.90 Å². The van der Waals surface area contributed by atoms with Crippen LogP contribution in [-0.4, -0.2) is 37.6 Å². The molecule has 2 atom stereocenters. The Balaban J connectivity index is 0.00000156. The van der Waals surface area contributed by atoms with Crippen molar-refractivity contribution in [1.82, 2.24) is 4.90 Å². The zero-order valence-corrected chi connectivity index (χ0v) is 17.1. The molecule has 3 heteroatoms. The number of likely N-dealkylation sites (tertiary alicyclic amines) is 1. The molecule has 2 aliphatic heterocycles. The van der Waals surface area contributed by atoms with Gasteiger partial charge in [-0.2, -0.15) is 0 Å². The Morgan fingerprint density at radius 1 is 1.04 bits per heavy atom. The van der Waals surface area contributed by atoms with Gasteiger partial charge in [0.15, 0.2) is 0 Å². The molecular formula is C20H27N2Y-. The first-order chi connectivity index (χ1) is 10.8. The van der Waals surface area contributed by atoms with Gasteiger partial charge in [-0.05, 0) is 61.9 Å². The molecule has 0 N–H and O–H groups in total. The Morgan fingerprint density at radius 2 is 1.83 bits per heavy atom. The molecule has 2 nitrogen and oxygen atoms in total. The van der Waals surface area contributed by atoms with Gasteiger partial charge in [0.2, 0.25) is 0 Å². The van der Waals surface area contributed by atoms with E-state index in [1.54, 1.807) is 22.3 Å². The average molecular weight is 384 g/mol. The minimum atomic E-state index is 0. The van der Waals surface area contributed by atoms with Crippen LogP contribution in [0.25, 0.3) is 10.9 Å². The van der Waals surface area contributed by atoms with Crippen molar-refractivity contribution in [3.05, 3.63) is 46.3 Å². The maximum atomic E-state index is 4.58. The number of aryl methyl sites for hydroxylation is 1. The Labute approximate surface area is 166 Å². The summed E-state index contributed by atoms with van der Waals surface area (Å²) in [6.45, 7) is 3.31. The standard InChI is InChI=1S/C20H27N2.Y/c1-22-14-4-6-17-9-8-15-5-2-3-7-18(15)19(20(17)22)16-10-12-21-13-11-16;/h2-3,5,7,17,20H,4,6,8-14H2,1H3;/q-1;. The fourth-order valence-corrected chi connectivity index (χ4v) is 4.85. The Morgan fingerprint density at radius 3 is 2.65 bits per heavy atom. The molecule has 1 aromatic carbocycles. The third kappa shape index (κ3) is 3.51. The molecule has 2 heterocycles. The van der Waals surface area contributed by atoms with Crippen molar-refractivity contribution < 1.29 is 32.7 Å². The van der Waals surface area contributed by atoms with Gasteiger partial charge >= 0.3 is 0 Å². The summed E-state index contributed by atoms with van der Waals surface area (Å²) in [5, 5.41) is 4.58. The molecule has 1 aromatic rings. The van der Waals surface area contributed by atoms with Crippen molar-refractivity contribution in [1.29, 1.82) is 0 Å². The number of hydrogen-bond acceptors (Lipinski definition) is 1. The maximum absolute atomic E-state index is 4.58. The Kier molecular flexibility index (Phi) is 6.12. The van der Waals surface area contributed by atoms with Crippen LogP contribution in [0.5, 0.6) is 0 Å². The van der Waals surface area contributed by atoms with E-state index in [0.717, 1.165) is 19.0 Å². The molecule has 1 aliphatic carbocycles. The minimum Gasteiger partial charge on any atom is -0.662 e. The van der Waals surface area contributed by atoms with Gasteiger partial charge in [0.25, 0.3) is 0 Å². The van der Waals surface area contributed by atoms with Gasteiger partial charge in [-0.25, -0.2) is 0 Å². The van der Waals surface area contributed by atoms with Crippen molar-refractivity contribution in [2.75, 3.05) is 26.7 Å². The van der Waals surface area contributed by atoms with E-state index in [2.05, 4.69) is 41.5 Å². The number of rotatable bonds is 0. The second-order valence-electron chi connectivity index (χ2n) is 7.21. The fourth-order valence-electron chi connectivity index (χ4n) is 4.85. The number of benzene rings is 1. The van der Waals surface area contributed by atoms with E-state index < -0.39 is 0 Å². The van der Waals surface area contributed by atoms with Crippen molar-refractivity contribution in [3.63, 3.8) is 0 Å². The van der Waals surface area contributed by atoms with E-state index in [9.17, 15) is 0 Å². The van der Waals surface area contributed by atoms with Gasteiger partial charge < -0.3 is 5.32 Å². The molecule has 0 saturated carbocycles. The van der Waals surface area contributed by atoms with Gasteiger partial charge in [-0.15, -0.1) is 13.1 Å². The van der Waals surface area contributed by atoms with E-state index in [-0.39, 0.29) is 32.7 Å². The van der Waals surface area contributed by atoms with Crippen molar-refractivity contribution in [2.24, 2.45) is 5.92 Å². The fraction of sp³-hybridized carbons (Fsp3) is 0.600. The number of fused-ring (bicyclic) bond motifs is 2. The summed E-state index contributed by atoms with van der Waals surface area (Å²) >= 11 is 0. The van der Waals surface area contributed by atoms with Crippen LogP contribution in [0.15, 0.2) is 29.8 Å². The molecule has 2 saturated heterocycles. The van der Waals surface area contributed by atoms with Crippen molar-refractivity contribution in [2.45, 2.75) is 44.6 Å². The van der Waals surface area contributed by atoms with E-state index in [4.69, 9.17) is 0 Å². The Hall–Kier alpha value is -0.0161. The van der Waals surface area contributed by atoms with E-state index >= 15 is 0 Å². The monoisotopic (exact) mass is 384 g/mol. The van der Waals surface area contributed by atoms with Gasteiger partial charge in [-0.1, -0.05) is 42.7 Å². The van der Waals surface area contributed by atoms with Gasteiger partial charge in [0.05, 0.1) is 0 Å². The third-order valence-electron chi connectivity index (χ3n) is 5.92. The van der Waals surface area contributed by atoms with Crippen LogP contribution in [0.2, 0.25) is 0 Å². The summed E-state index contributed by atoms with van der Waals surface area (Å²) in [6, 6.07) is 9.84. The summed E-state index contributed by atoms with van der Waals surface area (Å²) in [7, 11) is 2.35. The smallest absolute Gasteiger partial charge is 0.0378 e. The summed E-state index contributed by atoms with van der Waals surface area (Å²) in [6.07, 6.45) is 7.75. The second kappa shape index (κ2) is 7.91. The van der Waals surface area contributed by atoms with Crippen LogP contribution >= 0.6 is 0 Å². The predicted octanol–water partition coefficient (Wildman–Crippen LogP) is 4.26. The normalized spacial score (nSPS) is 28.4. The van der Waals surface area contributed by atoms with Crippen molar-refractivity contribution in [3.8, 4) is 0 Å². The summed E-state index contributed by atoms with van der Waals surface area (Å²) < 4.78 is 0. The van der Waals surface area contributed by atoms with Crippen LogP contribution in [0.4, 0.5) is 0 Å². The van der Waals surface area contributed by atoms with Crippen LogP contribution in [0.1, 0.15) is 43.2 Å². The average Bonchev–Trinajstić information content (AvgIpc) is 2.74. The molecule has 0 amide bonds. The molecule has 0 aromatic heterocycles. The summed E-state index contributed by atoms with van der Waals surface area (Å²) in [5.74, 6) is 0.840. The number of piperidine rings is 2. The topological polar surface area (TPSA) is 17.3 Å². The molecule has 0 spiro atoms. The number of nitrogens with zero attached hydrogens (tertiary/aromatic N) is 2. The first kappa shape index (κ1) is 17.8. The molecule has 1 radical (unpaired) electrons. The first-order valence-corrected chi connectivity index (χ1v) is 8.98. The molecule has 23 heavy (non-hydrogen) atoms. The van der Waals surface area contributed by atoms with E-state index in [1.165, 1.54) is 45.1 Å². The number of likely N-dealkylation sites (N-methyl/N-ethyl adjacent to an activating group) is 1. The molecule has 121 valence electrons. The zero-order chi connectivity index (χ0) is 14.9. The SMILES string of the molecule is CN1CCCC2CCc3ccccc3C(=C3CC[N-]CC3)C21.[Y]. The largest absolute Gasteiger partial charge is 0.662 e. The summed E-state index contributed by atoms with van der Waals surface area (Å²) in [5.41, 5.74) is 6.53. The molecule has 2 unspecified atom stereocenters. The quantitative estimate of drug-likeness (QED) is 0.653. The minimum absolute atomic E-state index is 0. The predicted molar refractivity (Wildman–Crippen MR) is 93.2 cm³/mol. The van der Waals surface area contributed by atoms with Gasteiger partial charge in [0.1, 0.15) is 0 Å². The first-order valence-electron chi connectivity index (χ1n) is 8.98. The Bertz CT molecular complexity index is 573. The maximum Gasteiger partial charge on any atom is 0.0378 e. The van der Waals surface area contributed by atoms with Crippen LogP contribution < -0.4 is 0 Å². The number of hydrogen-bond donors (Lipinski definition) is 0. The van der Waals surface area contributed by atoms with Gasteiger partial charge in [0, 0.05) is 38.8 Å². The third-order valence-corrected chi connectivity index (χ3v) is 5.92. The van der Waals surface area contributed by atoms with Crippen LogP contribution in [-0.2, 0) is 39.1 Å².